The van der Waals surface area contributed by atoms with Crippen LogP contribution in [0.25, 0.3) is 0 Å². The zero-order valence-corrected chi connectivity index (χ0v) is 17.3. The number of carbonyl (C=O) groups excluding carboxylic acids is 1. The third-order valence-corrected chi connectivity index (χ3v) is 6.28. The minimum absolute atomic E-state index is 0. The fourth-order valence-electron chi connectivity index (χ4n) is 2.31. The average molecular weight is 389 g/mol. The Balaban J connectivity index is 0.00000288. The number of esters is 1. The number of carbonyl (C=O) groups is 1. The van der Waals surface area contributed by atoms with Crippen molar-refractivity contribution < 1.29 is 9.53 Å². The molecule has 1 unspecified atom stereocenters. The molecule has 0 saturated carbocycles. The normalized spacial score (nSPS) is 13.2. The molecule has 7 heteroatoms. The predicted octanol–water partition coefficient (Wildman–Crippen LogP) is 5.15. The Labute approximate surface area is 160 Å². The molecule has 0 saturated heterocycles. The highest BCUT2D eigenvalue weighted by molar-refractivity contribution is 8.76. The van der Waals surface area contributed by atoms with Gasteiger partial charge in [-0.25, -0.2) is 4.31 Å². The van der Waals surface area contributed by atoms with E-state index in [1.807, 2.05) is 23.5 Å². The van der Waals surface area contributed by atoms with Crippen molar-refractivity contribution in [1.29, 1.82) is 0 Å². The van der Waals surface area contributed by atoms with Gasteiger partial charge < -0.3 is 4.74 Å². The van der Waals surface area contributed by atoms with E-state index < -0.39 is 0 Å². The molecule has 0 aromatic heterocycles. The van der Waals surface area contributed by atoms with Gasteiger partial charge in [-0.2, -0.15) is 13.5 Å². The van der Waals surface area contributed by atoms with E-state index in [1.54, 1.807) is 22.0 Å². The van der Waals surface area contributed by atoms with Gasteiger partial charge in [0.25, 0.3) is 0 Å². The highest BCUT2D eigenvalue weighted by Crippen LogP contribution is 2.55. The molecule has 0 spiro atoms. The van der Waals surface area contributed by atoms with Crippen LogP contribution in [-0.2, 0) is 9.53 Å². The van der Waals surface area contributed by atoms with Crippen LogP contribution in [0.15, 0.2) is 24.3 Å². The second kappa shape index (κ2) is 11.2. The second-order valence-electron chi connectivity index (χ2n) is 5.82. The van der Waals surface area contributed by atoms with Crippen LogP contribution in [0, 0.1) is 5.92 Å². The Morgan fingerprint density at radius 1 is 1.29 bits per heavy atom. The van der Waals surface area contributed by atoms with E-state index in [-0.39, 0.29) is 19.5 Å². The van der Waals surface area contributed by atoms with E-state index in [1.165, 1.54) is 24.2 Å². The van der Waals surface area contributed by atoms with E-state index in [4.69, 9.17) is 4.74 Å². The lowest BCUT2D eigenvalue weighted by molar-refractivity contribution is -0.145. The van der Waals surface area contributed by atoms with Crippen LogP contribution in [0.3, 0.4) is 0 Å². The van der Waals surface area contributed by atoms with E-state index >= 15 is 0 Å². The average Bonchev–Trinajstić information content (AvgIpc) is 3.26. The lowest BCUT2D eigenvalue weighted by atomic mass is 10.0. The topological polar surface area (TPSA) is 32.5 Å². The maximum Gasteiger partial charge on any atom is 0.321 e. The molecule has 1 aromatic rings. The van der Waals surface area contributed by atoms with Crippen molar-refractivity contribution in [2.75, 3.05) is 24.5 Å². The monoisotopic (exact) mass is 388 g/mol. The molecular weight excluding hydrogens is 360 g/mol. The molecule has 0 amide bonds. The van der Waals surface area contributed by atoms with Crippen molar-refractivity contribution in [2.24, 2.45) is 5.92 Å². The summed E-state index contributed by atoms with van der Waals surface area (Å²) >= 11 is 0. The van der Waals surface area contributed by atoms with Gasteiger partial charge in [-0.05, 0) is 31.5 Å². The first-order valence-corrected chi connectivity index (χ1v) is 10.3. The van der Waals surface area contributed by atoms with Crippen LogP contribution in [-0.4, -0.2) is 30.5 Å². The molecule has 136 valence electrons. The van der Waals surface area contributed by atoms with Crippen molar-refractivity contribution >= 4 is 52.8 Å². The molecule has 1 aliphatic heterocycles. The predicted molar refractivity (Wildman–Crippen MR) is 111 cm³/mol. The third kappa shape index (κ3) is 6.78. The molecule has 0 N–H and O–H groups in total. The Kier molecular flexibility index (Phi) is 10.0. The largest absolute Gasteiger partial charge is 0.464 e. The van der Waals surface area contributed by atoms with Crippen molar-refractivity contribution in [1.82, 2.24) is 4.31 Å². The van der Waals surface area contributed by atoms with Gasteiger partial charge in [-0.1, -0.05) is 45.2 Å². The van der Waals surface area contributed by atoms with Crippen molar-refractivity contribution in [2.45, 2.75) is 39.5 Å². The maximum absolute atomic E-state index is 11.9. The van der Waals surface area contributed by atoms with Crippen LogP contribution >= 0.6 is 35.5 Å². The smallest absolute Gasteiger partial charge is 0.321 e. The minimum atomic E-state index is -0.140. The Morgan fingerprint density at radius 2 is 1.96 bits per heavy atom. The number of hydrogen-bond acceptors (Lipinski definition) is 6. The number of fused-ring (bicyclic) bond motifs is 1. The number of ether oxygens (including phenoxy) is 1. The fourth-order valence-corrected chi connectivity index (χ4v) is 4.26. The molecule has 1 aliphatic rings. The SMILES string of the molecule is CCCCC(CC)COC(=O)CN(C)SSN1c2ccccc21.S. The highest BCUT2D eigenvalue weighted by Gasteiger charge is 2.29. The quantitative estimate of drug-likeness (QED) is 0.225. The fraction of sp³-hybridized carbons (Fsp3) is 0.588. The maximum atomic E-state index is 11.9. The first-order valence-electron chi connectivity index (χ1n) is 8.26. The van der Waals surface area contributed by atoms with Gasteiger partial charge in [0, 0.05) is 22.0 Å². The summed E-state index contributed by atoms with van der Waals surface area (Å²) in [6.07, 6.45) is 4.62. The second-order valence-corrected chi connectivity index (χ2v) is 8.00. The molecule has 0 fully saturated rings. The Hall–Kier alpha value is -0.500. The molecule has 1 heterocycles. The van der Waals surface area contributed by atoms with Gasteiger partial charge in [-0.3, -0.25) is 9.10 Å². The van der Waals surface area contributed by atoms with Gasteiger partial charge in [0.15, 0.2) is 0 Å². The lowest BCUT2D eigenvalue weighted by Crippen LogP contribution is -2.23. The summed E-state index contributed by atoms with van der Waals surface area (Å²) in [4.78, 5) is 11.9. The molecule has 0 aliphatic carbocycles. The number of anilines is 2. The van der Waals surface area contributed by atoms with Crippen LogP contribution in [0.2, 0.25) is 0 Å². The molecule has 0 radical (unpaired) electrons. The first kappa shape index (κ1) is 21.5. The summed E-state index contributed by atoms with van der Waals surface area (Å²) in [5.74, 6) is 0.358. The lowest BCUT2D eigenvalue weighted by Gasteiger charge is -2.17. The third-order valence-electron chi connectivity index (χ3n) is 3.88. The number of unbranched alkanes of at least 4 members (excludes halogenated alkanes) is 1. The zero-order chi connectivity index (χ0) is 16.7. The van der Waals surface area contributed by atoms with Crippen molar-refractivity contribution in [3.63, 3.8) is 0 Å². The Bertz CT molecular complexity index is 493. The van der Waals surface area contributed by atoms with E-state index in [0.29, 0.717) is 19.1 Å². The standard InChI is InChI=1S/C17H26N2O2S2.H2S/c1-4-6-9-14(5-2)13-21-17(20)12-18(3)22-23-19-15-10-7-8-11-16(15)19;/h7-8,10-11,14H,4-6,9,12-13H2,1-3H3;1H2. The molecule has 0 bridgehead atoms. The van der Waals surface area contributed by atoms with Gasteiger partial charge in [0.05, 0.1) is 18.0 Å². The van der Waals surface area contributed by atoms with E-state index in [9.17, 15) is 4.79 Å². The van der Waals surface area contributed by atoms with Gasteiger partial charge in [0.1, 0.15) is 6.54 Å². The molecule has 1 aromatic carbocycles. The van der Waals surface area contributed by atoms with Crippen molar-refractivity contribution in [3.8, 4) is 0 Å². The molecule has 4 nitrogen and oxygen atoms in total. The summed E-state index contributed by atoms with van der Waals surface area (Å²) in [5, 5.41) is 0. The summed E-state index contributed by atoms with van der Waals surface area (Å²) < 4.78 is 9.50. The number of benzene rings is 1. The van der Waals surface area contributed by atoms with Crippen LogP contribution in [0.1, 0.15) is 39.5 Å². The summed E-state index contributed by atoms with van der Waals surface area (Å²) in [5.41, 5.74) is 2.50. The van der Waals surface area contributed by atoms with Gasteiger partial charge in [-0.15, -0.1) is 0 Å². The molecule has 2 rings (SSSR count). The number of para-hydroxylation sites is 2. The Morgan fingerprint density at radius 3 is 2.54 bits per heavy atom. The number of likely N-dealkylation sites (N-methyl/N-ethyl adjacent to an activating group) is 1. The number of hydrogen-bond donors (Lipinski definition) is 0. The summed E-state index contributed by atoms with van der Waals surface area (Å²) in [6.45, 7) is 5.22. The first-order chi connectivity index (χ1) is 11.2. The summed E-state index contributed by atoms with van der Waals surface area (Å²) in [7, 11) is 5.11. The van der Waals surface area contributed by atoms with Crippen LogP contribution in [0.4, 0.5) is 11.4 Å². The highest BCUT2D eigenvalue weighted by atomic mass is 33.1. The number of nitrogens with zero attached hydrogens (tertiary/aromatic N) is 2. The molecule has 1 atom stereocenters. The van der Waals surface area contributed by atoms with Crippen LogP contribution in [0.5, 0.6) is 0 Å². The molecule has 24 heavy (non-hydrogen) atoms. The minimum Gasteiger partial charge on any atom is -0.464 e. The van der Waals surface area contributed by atoms with E-state index in [0.717, 1.165) is 12.8 Å². The van der Waals surface area contributed by atoms with E-state index in [2.05, 4.69) is 30.3 Å². The zero-order valence-electron chi connectivity index (χ0n) is 14.7. The number of rotatable bonds is 11. The van der Waals surface area contributed by atoms with Crippen LogP contribution < -0.4 is 4.31 Å². The van der Waals surface area contributed by atoms with Gasteiger partial charge in [0.2, 0.25) is 0 Å². The van der Waals surface area contributed by atoms with Gasteiger partial charge >= 0.3 is 5.97 Å². The molecular formula is C17H28N2O2S3. The summed E-state index contributed by atoms with van der Waals surface area (Å²) in [6, 6.07) is 8.26. The van der Waals surface area contributed by atoms with Crippen molar-refractivity contribution in [3.05, 3.63) is 24.3 Å².